The molecule has 2 aromatic heterocycles. The van der Waals surface area contributed by atoms with Gasteiger partial charge in [0.15, 0.2) is 5.82 Å². The van der Waals surface area contributed by atoms with Gasteiger partial charge in [0.25, 0.3) is 5.91 Å². The number of likely N-dealkylation sites (tertiary alicyclic amines) is 1. The molecule has 1 aliphatic rings. The van der Waals surface area contributed by atoms with Gasteiger partial charge in [0.05, 0.1) is 5.56 Å². The fraction of sp³-hybridized carbons (Fsp3) is 0.263. The van der Waals surface area contributed by atoms with Crippen LogP contribution in [0.4, 0.5) is 0 Å². The minimum absolute atomic E-state index is 0. The molecule has 1 aromatic carbocycles. The van der Waals surface area contributed by atoms with Crippen molar-refractivity contribution in [2.24, 2.45) is 11.7 Å². The van der Waals surface area contributed by atoms with E-state index in [-0.39, 0.29) is 42.6 Å². The van der Waals surface area contributed by atoms with Crippen LogP contribution in [0.1, 0.15) is 21.8 Å². The summed E-state index contributed by atoms with van der Waals surface area (Å²) in [7, 11) is 0. The minimum Gasteiger partial charge on any atom is -0.338 e. The molecule has 148 valence electrons. The van der Waals surface area contributed by atoms with E-state index in [4.69, 9.17) is 5.73 Å². The van der Waals surface area contributed by atoms with E-state index in [0.29, 0.717) is 31.0 Å². The number of hydrogen-bond acceptors (Lipinski definition) is 5. The molecule has 1 amide bonds. The molecule has 3 aromatic rings. The molecule has 7 nitrogen and oxygen atoms in total. The molecule has 1 aliphatic heterocycles. The Hall–Kier alpha value is -2.48. The molecule has 0 saturated carbocycles. The second-order valence-electron chi connectivity index (χ2n) is 6.47. The van der Waals surface area contributed by atoms with Gasteiger partial charge >= 0.3 is 0 Å². The Morgan fingerprint density at radius 1 is 1.11 bits per heavy atom. The standard InChI is InChI=1S/C19H20N6O.2ClH/c20-8-16-10-24(11-17(16)14-4-2-1-3-5-14)19(26)15-6-7-18(22-9-15)25-13-21-12-23-25;;/h1-7,9,12-13,16-17H,8,10-11,20H2;2*1H/t16-,17+;;/m1../s1. The van der Waals surface area contributed by atoms with E-state index in [1.165, 1.54) is 11.9 Å². The number of aromatic nitrogens is 4. The Balaban J connectivity index is 0.00000140. The molecular formula is C19H22Cl2N6O. The van der Waals surface area contributed by atoms with Crippen molar-refractivity contribution in [2.45, 2.75) is 5.92 Å². The maximum absolute atomic E-state index is 12.9. The van der Waals surface area contributed by atoms with Crippen LogP contribution < -0.4 is 5.73 Å². The van der Waals surface area contributed by atoms with Gasteiger partial charge in [-0.1, -0.05) is 30.3 Å². The van der Waals surface area contributed by atoms with E-state index >= 15 is 0 Å². The summed E-state index contributed by atoms with van der Waals surface area (Å²) in [6.45, 7) is 1.90. The van der Waals surface area contributed by atoms with Crippen LogP contribution in [0.3, 0.4) is 0 Å². The van der Waals surface area contributed by atoms with Gasteiger partial charge in [-0.2, -0.15) is 5.10 Å². The van der Waals surface area contributed by atoms with E-state index in [0.717, 1.165) is 0 Å². The van der Waals surface area contributed by atoms with Gasteiger partial charge in [0.1, 0.15) is 12.7 Å². The average Bonchev–Trinajstić information content (AvgIpc) is 3.38. The number of nitrogens with zero attached hydrogens (tertiary/aromatic N) is 5. The fourth-order valence-electron chi connectivity index (χ4n) is 3.51. The monoisotopic (exact) mass is 420 g/mol. The van der Waals surface area contributed by atoms with E-state index in [2.05, 4.69) is 27.2 Å². The molecule has 28 heavy (non-hydrogen) atoms. The number of rotatable bonds is 4. The zero-order valence-corrected chi connectivity index (χ0v) is 16.7. The molecule has 0 bridgehead atoms. The molecule has 2 atom stereocenters. The molecule has 9 heteroatoms. The molecule has 0 radical (unpaired) electrons. The second-order valence-corrected chi connectivity index (χ2v) is 6.47. The van der Waals surface area contributed by atoms with Crippen molar-refractivity contribution in [1.82, 2.24) is 24.6 Å². The van der Waals surface area contributed by atoms with Crippen molar-refractivity contribution in [3.8, 4) is 5.82 Å². The summed E-state index contributed by atoms with van der Waals surface area (Å²) >= 11 is 0. The number of carbonyl (C=O) groups is 1. The third-order valence-electron chi connectivity index (χ3n) is 4.91. The first kappa shape index (κ1) is 21.8. The highest BCUT2D eigenvalue weighted by atomic mass is 35.5. The van der Waals surface area contributed by atoms with Crippen LogP contribution in [0, 0.1) is 5.92 Å². The predicted molar refractivity (Wildman–Crippen MR) is 111 cm³/mol. The van der Waals surface area contributed by atoms with Crippen LogP contribution in [-0.2, 0) is 0 Å². The SMILES string of the molecule is Cl.Cl.NC[C@@H]1CN(C(=O)c2ccc(-n3cncn3)nc2)C[C@H]1c1ccccc1. The van der Waals surface area contributed by atoms with Gasteiger partial charge in [-0.05, 0) is 30.2 Å². The Morgan fingerprint density at radius 2 is 1.89 bits per heavy atom. The van der Waals surface area contributed by atoms with Crippen LogP contribution in [-0.4, -0.2) is 50.2 Å². The normalized spacial score (nSPS) is 18.2. The number of halogens is 2. The van der Waals surface area contributed by atoms with Crippen molar-refractivity contribution in [3.05, 3.63) is 72.4 Å². The van der Waals surface area contributed by atoms with Crippen LogP contribution in [0.5, 0.6) is 0 Å². The summed E-state index contributed by atoms with van der Waals surface area (Å²) in [6.07, 6.45) is 4.61. The van der Waals surface area contributed by atoms with Gasteiger partial charge < -0.3 is 10.6 Å². The Labute approximate surface area is 175 Å². The van der Waals surface area contributed by atoms with Crippen LogP contribution in [0.2, 0.25) is 0 Å². The highest BCUT2D eigenvalue weighted by Gasteiger charge is 2.35. The largest absolute Gasteiger partial charge is 0.338 e. The van der Waals surface area contributed by atoms with Gasteiger partial charge in [0.2, 0.25) is 0 Å². The molecule has 3 heterocycles. The fourth-order valence-corrected chi connectivity index (χ4v) is 3.51. The van der Waals surface area contributed by atoms with Crippen molar-refractivity contribution < 1.29 is 4.79 Å². The van der Waals surface area contributed by atoms with E-state index in [1.54, 1.807) is 29.3 Å². The van der Waals surface area contributed by atoms with E-state index < -0.39 is 0 Å². The molecule has 2 N–H and O–H groups in total. The summed E-state index contributed by atoms with van der Waals surface area (Å²) < 4.78 is 1.56. The Kier molecular flexibility index (Phi) is 7.51. The summed E-state index contributed by atoms with van der Waals surface area (Å²) in [4.78, 5) is 23.0. The molecule has 1 saturated heterocycles. The molecule has 1 fully saturated rings. The number of benzene rings is 1. The smallest absolute Gasteiger partial charge is 0.255 e. The Bertz CT molecular complexity index is 873. The lowest BCUT2D eigenvalue weighted by molar-refractivity contribution is 0.0786. The van der Waals surface area contributed by atoms with Crippen LogP contribution in [0.25, 0.3) is 5.82 Å². The molecule has 0 spiro atoms. The molecule has 4 rings (SSSR count). The maximum atomic E-state index is 12.9. The highest BCUT2D eigenvalue weighted by molar-refractivity contribution is 5.94. The minimum atomic E-state index is -0.0143. The number of pyridine rings is 1. The topological polar surface area (TPSA) is 89.9 Å². The van der Waals surface area contributed by atoms with E-state index in [9.17, 15) is 4.79 Å². The summed E-state index contributed by atoms with van der Waals surface area (Å²) in [6, 6.07) is 13.8. The van der Waals surface area contributed by atoms with Crippen LogP contribution >= 0.6 is 24.8 Å². The first-order chi connectivity index (χ1) is 12.8. The summed E-state index contributed by atoms with van der Waals surface area (Å²) in [5, 5.41) is 4.04. The predicted octanol–water partition coefficient (Wildman–Crippen LogP) is 2.32. The van der Waals surface area contributed by atoms with Crippen molar-refractivity contribution in [2.75, 3.05) is 19.6 Å². The van der Waals surface area contributed by atoms with Crippen molar-refractivity contribution >= 4 is 30.7 Å². The first-order valence-corrected chi connectivity index (χ1v) is 8.61. The van der Waals surface area contributed by atoms with Gasteiger partial charge in [-0.25, -0.2) is 14.6 Å². The third kappa shape index (κ3) is 4.32. The number of amides is 1. The lowest BCUT2D eigenvalue weighted by Gasteiger charge is -2.17. The first-order valence-electron chi connectivity index (χ1n) is 8.61. The average molecular weight is 421 g/mol. The van der Waals surface area contributed by atoms with Gasteiger partial charge in [-0.3, -0.25) is 4.79 Å². The number of hydrogen-bond donors (Lipinski definition) is 1. The van der Waals surface area contributed by atoms with Gasteiger partial charge in [0, 0.05) is 25.2 Å². The van der Waals surface area contributed by atoms with Crippen molar-refractivity contribution in [3.63, 3.8) is 0 Å². The lowest BCUT2D eigenvalue weighted by atomic mass is 9.89. The van der Waals surface area contributed by atoms with E-state index in [1.807, 2.05) is 23.1 Å². The van der Waals surface area contributed by atoms with Gasteiger partial charge in [-0.15, -0.1) is 24.8 Å². The highest BCUT2D eigenvalue weighted by Crippen LogP contribution is 2.32. The quantitative estimate of drug-likeness (QED) is 0.699. The lowest BCUT2D eigenvalue weighted by Crippen LogP contribution is -2.30. The molecular weight excluding hydrogens is 399 g/mol. The van der Waals surface area contributed by atoms with Crippen LogP contribution in [0.15, 0.2) is 61.3 Å². The third-order valence-corrected chi connectivity index (χ3v) is 4.91. The summed E-state index contributed by atoms with van der Waals surface area (Å²) in [5.74, 6) is 1.15. The number of carbonyl (C=O) groups excluding carboxylic acids is 1. The zero-order chi connectivity index (χ0) is 17.9. The summed E-state index contributed by atoms with van der Waals surface area (Å²) in [5.41, 5.74) is 7.77. The zero-order valence-electron chi connectivity index (χ0n) is 15.1. The maximum Gasteiger partial charge on any atom is 0.255 e. The van der Waals surface area contributed by atoms with Crippen molar-refractivity contribution in [1.29, 1.82) is 0 Å². The molecule has 0 unspecified atom stereocenters. The Morgan fingerprint density at radius 3 is 2.50 bits per heavy atom. The second kappa shape index (κ2) is 9.64. The number of nitrogens with two attached hydrogens (primary N) is 1. The molecule has 0 aliphatic carbocycles.